The maximum Gasteiger partial charge on any atom is -0.0103 e. The lowest BCUT2D eigenvalue weighted by atomic mass is 9.92. The highest BCUT2D eigenvalue weighted by molar-refractivity contribution is 5.84. The Balaban J connectivity index is 2.21. The molecule has 0 heteroatoms. The van der Waals surface area contributed by atoms with Crippen LogP contribution >= 0.6 is 0 Å². The molecule has 0 atom stereocenters. The molecule has 92 valence electrons. The van der Waals surface area contributed by atoms with E-state index in [0.717, 1.165) is 0 Å². The molecule has 0 N–H and O–H groups in total. The smallest absolute Gasteiger partial charge is 0.0103 e. The highest BCUT2D eigenvalue weighted by atomic mass is 14.1. The fraction of sp³-hybridized carbons (Fsp3) is 0.0526. The zero-order chi connectivity index (χ0) is 13.1. The summed E-state index contributed by atoms with van der Waals surface area (Å²) in [5.74, 6) is 0. The van der Waals surface area contributed by atoms with Gasteiger partial charge in [-0.1, -0.05) is 78.9 Å². The van der Waals surface area contributed by atoms with Crippen LogP contribution < -0.4 is 0 Å². The van der Waals surface area contributed by atoms with Crippen LogP contribution in [-0.4, -0.2) is 0 Å². The number of hydrogen-bond donors (Lipinski definition) is 0. The van der Waals surface area contributed by atoms with Gasteiger partial charge in [-0.15, -0.1) is 0 Å². The van der Waals surface area contributed by atoms with Gasteiger partial charge in [-0.25, -0.2) is 0 Å². The first-order valence-electron chi connectivity index (χ1n) is 6.57. The molecule has 0 spiro atoms. The van der Waals surface area contributed by atoms with Gasteiger partial charge in [0, 0.05) is 0 Å². The molecule has 0 aliphatic carbocycles. The zero-order valence-electron chi connectivity index (χ0n) is 11.0. The average molecular weight is 244 g/mol. The van der Waals surface area contributed by atoms with Gasteiger partial charge in [0.2, 0.25) is 0 Å². The minimum absolute atomic E-state index is 1.27. The number of rotatable bonds is 2. The fourth-order valence-corrected chi connectivity index (χ4v) is 2.46. The van der Waals surface area contributed by atoms with Gasteiger partial charge in [0.25, 0.3) is 0 Å². The van der Waals surface area contributed by atoms with Crippen LogP contribution in [0.25, 0.3) is 22.3 Å². The third-order valence-corrected chi connectivity index (χ3v) is 3.45. The Morgan fingerprint density at radius 2 is 1.00 bits per heavy atom. The largest absolute Gasteiger partial charge is 0.0622 e. The Kier molecular flexibility index (Phi) is 3.16. The minimum Gasteiger partial charge on any atom is -0.0622 e. The van der Waals surface area contributed by atoms with Gasteiger partial charge in [0.05, 0.1) is 0 Å². The van der Waals surface area contributed by atoms with Crippen LogP contribution in [0, 0.1) is 6.92 Å². The Morgan fingerprint density at radius 1 is 0.474 bits per heavy atom. The summed E-state index contributed by atoms with van der Waals surface area (Å²) in [6.45, 7) is 2.16. The lowest BCUT2D eigenvalue weighted by Crippen LogP contribution is -1.87. The molecule has 19 heavy (non-hydrogen) atoms. The number of aryl methyl sites for hydroxylation is 1. The first-order valence-corrected chi connectivity index (χ1v) is 6.57. The van der Waals surface area contributed by atoms with Crippen molar-refractivity contribution in [1.82, 2.24) is 0 Å². The highest BCUT2D eigenvalue weighted by Crippen LogP contribution is 2.33. The van der Waals surface area contributed by atoms with E-state index in [1.165, 1.54) is 27.8 Å². The van der Waals surface area contributed by atoms with Gasteiger partial charge < -0.3 is 0 Å². The van der Waals surface area contributed by atoms with Crippen molar-refractivity contribution >= 4 is 0 Å². The van der Waals surface area contributed by atoms with Crippen molar-refractivity contribution in [3.05, 3.63) is 84.4 Å². The third-order valence-electron chi connectivity index (χ3n) is 3.45. The van der Waals surface area contributed by atoms with Gasteiger partial charge >= 0.3 is 0 Å². The van der Waals surface area contributed by atoms with Gasteiger partial charge in [-0.3, -0.25) is 0 Å². The highest BCUT2D eigenvalue weighted by Gasteiger charge is 2.07. The van der Waals surface area contributed by atoms with E-state index in [1.54, 1.807) is 0 Å². The van der Waals surface area contributed by atoms with Crippen LogP contribution in [0.15, 0.2) is 78.9 Å². The van der Waals surface area contributed by atoms with Crippen molar-refractivity contribution in [1.29, 1.82) is 0 Å². The van der Waals surface area contributed by atoms with E-state index >= 15 is 0 Å². The van der Waals surface area contributed by atoms with E-state index in [0.29, 0.717) is 0 Å². The fourth-order valence-electron chi connectivity index (χ4n) is 2.46. The first kappa shape index (κ1) is 11.7. The lowest BCUT2D eigenvalue weighted by molar-refractivity contribution is 1.46. The van der Waals surface area contributed by atoms with Crippen molar-refractivity contribution < 1.29 is 0 Å². The minimum atomic E-state index is 1.27. The molecule has 0 aromatic heterocycles. The van der Waals surface area contributed by atoms with E-state index in [1.807, 2.05) is 0 Å². The molecule has 0 bridgehead atoms. The molecule has 0 fully saturated rings. The Morgan fingerprint density at radius 3 is 1.68 bits per heavy atom. The molecule has 3 aromatic rings. The SMILES string of the molecule is Cc1ccccc1-c1ccccc1-c1ccccc1. The second kappa shape index (κ2) is 5.11. The maximum absolute atomic E-state index is 2.20. The molecule has 0 amide bonds. The summed E-state index contributed by atoms with van der Waals surface area (Å²) < 4.78 is 0. The Bertz CT molecular complexity index is 681. The molecule has 0 unspecified atom stereocenters. The van der Waals surface area contributed by atoms with Gasteiger partial charge in [-0.2, -0.15) is 0 Å². The summed E-state index contributed by atoms with van der Waals surface area (Å²) in [7, 11) is 0. The monoisotopic (exact) mass is 244 g/mol. The predicted molar refractivity (Wildman–Crippen MR) is 82.1 cm³/mol. The second-order valence-corrected chi connectivity index (χ2v) is 4.73. The van der Waals surface area contributed by atoms with Crippen molar-refractivity contribution in [2.75, 3.05) is 0 Å². The average Bonchev–Trinajstić information content (AvgIpc) is 2.49. The van der Waals surface area contributed by atoms with Gasteiger partial charge in [0.1, 0.15) is 0 Å². The van der Waals surface area contributed by atoms with E-state index in [2.05, 4.69) is 85.8 Å². The zero-order valence-corrected chi connectivity index (χ0v) is 11.0. The van der Waals surface area contributed by atoms with E-state index in [-0.39, 0.29) is 0 Å². The molecule has 0 saturated carbocycles. The molecule has 0 aliphatic rings. The summed E-state index contributed by atoms with van der Waals surface area (Å²) >= 11 is 0. The van der Waals surface area contributed by atoms with Crippen molar-refractivity contribution in [3.8, 4) is 22.3 Å². The number of hydrogen-bond acceptors (Lipinski definition) is 0. The standard InChI is InChI=1S/C19H16/c1-15-9-5-6-12-17(15)19-14-8-7-13-18(19)16-10-3-2-4-11-16/h2-14H,1H3. The van der Waals surface area contributed by atoms with Crippen LogP contribution in [0.1, 0.15) is 5.56 Å². The summed E-state index contributed by atoms with van der Waals surface area (Å²) in [5, 5.41) is 0. The maximum atomic E-state index is 2.20. The van der Waals surface area contributed by atoms with Crippen LogP contribution in [-0.2, 0) is 0 Å². The molecule has 0 saturated heterocycles. The topological polar surface area (TPSA) is 0 Å². The molecular weight excluding hydrogens is 228 g/mol. The normalized spacial score (nSPS) is 10.4. The molecule has 0 radical (unpaired) electrons. The summed E-state index contributed by atoms with van der Waals surface area (Å²) in [4.78, 5) is 0. The third kappa shape index (κ3) is 2.30. The van der Waals surface area contributed by atoms with Crippen molar-refractivity contribution in [3.63, 3.8) is 0 Å². The molecule has 0 nitrogen and oxygen atoms in total. The molecule has 3 rings (SSSR count). The first-order chi connectivity index (χ1) is 9.36. The lowest BCUT2D eigenvalue weighted by Gasteiger charge is -2.12. The molecule has 0 heterocycles. The van der Waals surface area contributed by atoms with Crippen LogP contribution in [0.4, 0.5) is 0 Å². The molecular formula is C19H16. The van der Waals surface area contributed by atoms with E-state index in [9.17, 15) is 0 Å². The van der Waals surface area contributed by atoms with E-state index < -0.39 is 0 Å². The predicted octanol–water partition coefficient (Wildman–Crippen LogP) is 5.33. The van der Waals surface area contributed by atoms with Crippen LogP contribution in [0.3, 0.4) is 0 Å². The second-order valence-electron chi connectivity index (χ2n) is 4.73. The van der Waals surface area contributed by atoms with Crippen molar-refractivity contribution in [2.45, 2.75) is 6.92 Å². The van der Waals surface area contributed by atoms with Crippen LogP contribution in [0.2, 0.25) is 0 Å². The summed E-state index contributed by atoms with van der Waals surface area (Å²) in [5.41, 5.74) is 6.47. The quantitative estimate of drug-likeness (QED) is 0.571. The van der Waals surface area contributed by atoms with E-state index in [4.69, 9.17) is 0 Å². The van der Waals surface area contributed by atoms with Crippen molar-refractivity contribution in [2.24, 2.45) is 0 Å². The van der Waals surface area contributed by atoms with Crippen LogP contribution in [0.5, 0.6) is 0 Å². The van der Waals surface area contributed by atoms with Gasteiger partial charge in [-0.05, 0) is 34.7 Å². The number of benzene rings is 3. The Labute approximate surface area is 114 Å². The Hall–Kier alpha value is -2.34. The summed E-state index contributed by atoms with van der Waals surface area (Å²) in [6.07, 6.45) is 0. The van der Waals surface area contributed by atoms with Gasteiger partial charge in [0.15, 0.2) is 0 Å². The summed E-state index contributed by atoms with van der Waals surface area (Å²) in [6, 6.07) is 27.7. The molecule has 3 aromatic carbocycles. The molecule has 0 aliphatic heterocycles.